The van der Waals surface area contributed by atoms with Gasteiger partial charge in [-0.25, -0.2) is 13.4 Å². The Labute approximate surface area is 132 Å². The summed E-state index contributed by atoms with van der Waals surface area (Å²) in [7, 11) is -2.14. The molecule has 2 aromatic heterocycles. The van der Waals surface area contributed by atoms with Gasteiger partial charge in [0.2, 0.25) is 10.0 Å². The van der Waals surface area contributed by atoms with Gasteiger partial charge >= 0.3 is 0 Å². The topological polar surface area (TPSA) is 50.3 Å². The summed E-state index contributed by atoms with van der Waals surface area (Å²) in [6, 6.07) is 4.82. The SMILES string of the molecule is CC(c1cccs1)N(C)S(=O)(=O)c1cnc(Cl)c(Cl)c1. The van der Waals surface area contributed by atoms with Crippen LogP contribution in [0.15, 0.2) is 34.7 Å². The van der Waals surface area contributed by atoms with Crippen molar-refractivity contribution in [3.8, 4) is 0 Å². The highest BCUT2D eigenvalue weighted by Crippen LogP contribution is 2.30. The molecule has 0 spiro atoms. The van der Waals surface area contributed by atoms with Gasteiger partial charge in [-0.15, -0.1) is 11.3 Å². The van der Waals surface area contributed by atoms with Crippen molar-refractivity contribution in [3.05, 3.63) is 44.8 Å². The van der Waals surface area contributed by atoms with E-state index in [1.165, 1.54) is 35.0 Å². The molecule has 0 bridgehead atoms. The van der Waals surface area contributed by atoms with Crippen molar-refractivity contribution in [2.75, 3.05) is 7.05 Å². The van der Waals surface area contributed by atoms with Crippen LogP contribution in [0, 0.1) is 0 Å². The first-order valence-corrected chi connectivity index (χ1v) is 8.74. The van der Waals surface area contributed by atoms with Crippen molar-refractivity contribution in [1.82, 2.24) is 9.29 Å². The first kappa shape index (κ1) is 15.7. The van der Waals surface area contributed by atoms with Gasteiger partial charge in [0, 0.05) is 18.1 Å². The summed E-state index contributed by atoms with van der Waals surface area (Å²) in [5.41, 5.74) is 0. The lowest BCUT2D eigenvalue weighted by atomic mass is 10.3. The molecule has 0 N–H and O–H groups in total. The standard InChI is InChI=1S/C12H12Cl2N2O2S2/c1-8(11-4-3-5-19-11)16(2)20(17,18)9-6-10(13)12(14)15-7-9/h3-8H,1-2H3. The molecule has 1 unspecified atom stereocenters. The summed E-state index contributed by atoms with van der Waals surface area (Å²) in [6.45, 7) is 1.83. The van der Waals surface area contributed by atoms with E-state index >= 15 is 0 Å². The average molecular weight is 351 g/mol. The fourth-order valence-corrected chi connectivity index (χ4v) is 4.17. The minimum absolute atomic E-state index is 0.0257. The molecule has 0 aliphatic heterocycles. The third kappa shape index (κ3) is 2.99. The molecular weight excluding hydrogens is 339 g/mol. The number of rotatable bonds is 4. The monoisotopic (exact) mass is 350 g/mol. The molecule has 108 valence electrons. The van der Waals surface area contributed by atoms with Gasteiger partial charge in [0.1, 0.15) is 10.0 Å². The molecule has 0 amide bonds. The molecule has 2 heterocycles. The highest BCUT2D eigenvalue weighted by molar-refractivity contribution is 7.89. The van der Waals surface area contributed by atoms with Crippen molar-refractivity contribution < 1.29 is 8.42 Å². The summed E-state index contributed by atoms with van der Waals surface area (Å²) < 4.78 is 26.3. The molecule has 4 nitrogen and oxygen atoms in total. The van der Waals surface area contributed by atoms with Crippen LogP contribution < -0.4 is 0 Å². The van der Waals surface area contributed by atoms with E-state index in [1.54, 1.807) is 0 Å². The molecule has 0 saturated carbocycles. The summed E-state index contributed by atoms with van der Waals surface area (Å²) >= 11 is 13.0. The number of thiophene rings is 1. The van der Waals surface area contributed by atoms with Crippen LogP contribution in [0.4, 0.5) is 0 Å². The van der Waals surface area contributed by atoms with Gasteiger partial charge in [0.05, 0.1) is 11.1 Å². The third-order valence-corrected chi connectivity index (χ3v) is 6.57. The highest BCUT2D eigenvalue weighted by atomic mass is 35.5. The molecule has 0 aromatic carbocycles. The molecular formula is C12H12Cl2N2O2S2. The van der Waals surface area contributed by atoms with Crippen LogP contribution in [0.2, 0.25) is 10.2 Å². The molecule has 1 atom stereocenters. The lowest BCUT2D eigenvalue weighted by molar-refractivity contribution is 0.402. The van der Waals surface area contributed by atoms with Crippen molar-refractivity contribution in [2.24, 2.45) is 0 Å². The van der Waals surface area contributed by atoms with Gasteiger partial charge in [-0.05, 0) is 24.4 Å². The van der Waals surface area contributed by atoms with Gasteiger partial charge in [0.25, 0.3) is 0 Å². The second-order valence-electron chi connectivity index (χ2n) is 4.16. The Kier molecular flexibility index (Phi) is 4.71. The van der Waals surface area contributed by atoms with Gasteiger partial charge in [0.15, 0.2) is 0 Å². The molecule has 0 aliphatic rings. The summed E-state index contributed by atoms with van der Waals surface area (Å²) in [5, 5.41) is 2.11. The molecule has 0 fully saturated rings. The van der Waals surface area contributed by atoms with E-state index < -0.39 is 10.0 Å². The smallest absolute Gasteiger partial charge is 0.242 e. The molecule has 8 heteroatoms. The van der Waals surface area contributed by atoms with E-state index in [4.69, 9.17) is 23.2 Å². The normalized spacial score (nSPS) is 13.7. The van der Waals surface area contributed by atoms with Crippen LogP contribution in [-0.4, -0.2) is 24.8 Å². The van der Waals surface area contributed by atoms with E-state index in [0.717, 1.165) is 4.88 Å². The first-order chi connectivity index (χ1) is 9.34. The largest absolute Gasteiger partial charge is 0.244 e. The summed E-state index contributed by atoms with van der Waals surface area (Å²) in [5.74, 6) is 0. The van der Waals surface area contributed by atoms with Crippen molar-refractivity contribution in [2.45, 2.75) is 17.9 Å². The predicted octanol–water partition coefficient (Wildman–Crippen LogP) is 3.83. The number of aromatic nitrogens is 1. The maximum atomic E-state index is 12.5. The number of halogens is 2. The summed E-state index contributed by atoms with van der Waals surface area (Å²) in [6.07, 6.45) is 1.21. The number of hydrogen-bond acceptors (Lipinski definition) is 4. The van der Waals surface area contributed by atoms with E-state index in [0.29, 0.717) is 0 Å². The van der Waals surface area contributed by atoms with Gasteiger partial charge in [-0.3, -0.25) is 0 Å². The zero-order chi connectivity index (χ0) is 14.9. The molecule has 0 saturated heterocycles. The third-order valence-electron chi connectivity index (χ3n) is 2.95. The van der Waals surface area contributed by atoms with Crippen LogP contribution in [0.5, 0.6) is 0 Å². The molecule has 0 aliphatic carbocycles. The Hall–Kier alpha value is -0.660. The summed E-state index contributed by atoms with van der Waals surface area (Å²) in [4.78, 5) is 4.77. The Morgan fingerprint density at radius 1 is 1.40 bits per heavy atom. The van der Waals surface area contributed by atoms with Crippen molar-refractivity contribution in [1.29, 1.82) is 0 Å². The minimum atomic E-state index is -3.67. The van der Waals surface area contributed by atoms with Crippen LogP contribution >= 0.6 is 34.5 Å². The number of hydrogen-bond donors (Lipinski definition) is 0. The molecule has 2 aromatic rings. The van der Waals surface area contributed by atoms with E-state index in [-0.39, 0.29) is 21.1 Å². The van der Waals surface area contributed by atoms with Gasteiger partial charge in [-0.1, -0.05) is 29.3 Å². The van der Waals surface area contributed by atoms with Crippen LogP contribution in [-0.2, 0) is 10.0 Å². The first-order valence-electron chi connectivity index (χ1n) is 5.66. The Morgan fingerprint density at radius 3 is 2.65 bits per heavy atom. The maximum absolute atomic E-state index is 12.5. The zero-order valence-electron chi connectivity index (χ0n) is 10.7. The Morgan fingerprint density at radius 2 is 2.10 bits per heavy atom. The quantitative estimate of drug-likeness (QED) is 0.787. The van der Waals surface area contributed by atoms with E-state index in [1.807, 2.05) is 24.4 Å². The number of nitrogens with zero attached hydrogens (tertiary/aromatic N) is 2. The van der Waals surface area contributed by atoms with Crippen molar-refractivity contribution >= 4 is 44.6 Å². The lowest BCUT2D eigenvalue weighted by Crippen LogP contribution is -2.29. The number of pyridine rings is 1. The fraction of sp³-hybridized carbons (Fsp3) is 0.250. The number of sulfonamides is 1. The van der Waals surface area contributed by atoms with Crippen LogP contribution in [0.3, 0.4) is 0 Å². The maximum Gasteiger partial charge on any atom is 0.244 e. The van der Waals surface area contributed by atoms with E-state index in [9.17, 15) is 8.42 Å². The molecule has 20 heavy (non-hydrogen) atoms. The molecule has 0 radical (unpaired) electrons. The average Bonchev–Trinajstić information content (AvgIpc) is 2.94. The van der Waals surface area contributed by atoms with Crippen molar-refractivity contribution in [3.63, 3.8) is 0 Å². The fourth-order valence-electron chi connectivity index (χ4n) is 1.63. The Balaban J connectivity index is 2.36. The zero-order valence-corrected chi connectivity index (χ0v) is 13.9. The lowest BCUT2D eigenvalue weighted by Gasteiger charge is -2.23. The minimum Gasteiger partial charge on any atom is -0.242 e. The second kappa shape index (κ2) is 5.99. The highest BCUT2D eigenvalue weighted by Gasteiger charge is 2.27. The predicted molar refractivity (Wildman–Crippen MR) is 81.9 cm³/mol. The van der Waals surface area contributed by atoms with Crippen LogP contribution in [0.1, 0.15) is 17.8 Å². The van der Waals surface area contributed by atoms with Crippen LogP contribution in [0.25, 0.3) is 0 Å². The second-order valence-corrected chi connectivity index (χ2v) is 7.90. The Bertz CT molecular complexity index is 702. The molecule has 2 rings (SSSR count). The van der Waals surface area contributed by atoms with E-state index in [2.05, 4.69) is 4.98 Å². The van der Waals surface area contributed by atoms with Gasteiger partial charge in [-0.2, -0.15) is 4.31 Å². The van der Waals surface area contributed by atoms with Gasteiger partial charge < -0.3 is 0 Å².